The normalized spacial score (nSPS) is 30.1. The molecule has 2 N–H and O–H groups in total. The summed E-state index contributed by atoms with van der Waals surface area (Å²) in [4.78, 5) is 25.3. The van der Waals surface area contributed by atoms with E-state index in [9.17, 15) is 14.7 Å². The lowest BCUT2D eigenvalue weighted by Crippen LogP contribution is -2.64. The highest BCUT2D eigenvalue weighted by Crippen LogP contribution is 2.23. The number of carbonyl (C=O) groups excluding carboxylic acids is 1. The van der Waals surface area contributed by atoms with Crippen LogP contribution in [0.25, 0.3) is 0 Å². The largest absolute Gasteiger partial charge is 0.479 e. The third-order valence-corrected chi connectivity index (χ3v) is 3.67. The van der Waals surface area contributed by atoms with Gasteiger partial charge in [0.1, 0.15) is 0 Å². The number of rotatable bonds is 2. The molecule has 19 heavy (non-hydrogen) atoms. The molecular formula is C12H20N2O5. The van der Waals surface area contributed by atoms with Gasteiger partial charge in [-0.2, -0.15) is 0 Å². The number of nitrogens with one attached hydrogen (secondary N) is 1. The molecule has 108 valence electrons. The van der Waals surface area contributed by atoms with Crippen LogP contribution in [0, 0.1) is 0 Å². The molecule has 1 unspecified atom stereocenters. The maximum atomic E-state index is 12.3. The van der Waals surface area contributed by atoms with Crippen LogP contribution >= 0.6 is 0 Å². The Morgan fingerprint density at radius 3 is 2.42 bits per heavy atom. The van der Waals surface area contributed by atoms with Crippen molar-refractivity contribution in [1.82, 2.24) is 10.2 Å². The number of amides is 2. The van der Waals surface area contributed by atoms with Gasteiger partial charge in [0.15, 0.2) is 5.54 Å². The van der Waals surface area contributed by atoms with Crippen molar-refractivity contribution in [3.05, 3.63) is 0 Å². The molecule has 7 heteroatoms. The molecule has 0 aromatic rings. The van der Waals surface area contributed by atoms with E-state index >= 15 is 0 Å². The summed E-state index contributed by atoms with van der Waals surface area (Å²) in [6.07, 6.45) is 0.291. The topological polar surface area (TPSA) is 88.1 Å². The molecule has 0 radical (unpaired) electrons. The van der Waals surface area contributed by atoms with Gasteiger partial charge in [-0.3, -0.25) is 0 Å². The van der Waals surface area contributed by atoms with Crippen LogP contribution in [0.1, 0.15) is 20.3 Å². The van der Waals surface area contributed by atoms with Crippen LogP contribution in [0.4, 0.5) is 4.79 Å². The molecule has 0 aromatic carbocycles. The Morgan fingerprint density at radius 2 is 1.89 bits per heavy atom. The highest BCUT2D eigenvalue weighted by atomic mass is 16.5. The van der Waals surface area contributed by atoms with Gasteiger partial charge in [0.05, 0.1) is 25.4 Å². The van der Waals surface area contributed by atoms with Crippen LogP contribution in [-0.4, -0.2) is 66.1 Å². The lowest BCUT2D eigenvalue weighted by Gasteiger charge is -2.43. The summed E-state index contributed by atoms with van der Waals surface area (Å²) < 4.78 is 10.5. The zero-order valence-electron chi connectivity index (χ0n) is 11.3. The summed E-state index contributed by atoms with van der Waals surface area (Å²) in [5.41, 5.74) is -1.74. The first kappa shape index (κ1) is 14.1. The monoisotopic (exact) mass is 272 g/mol. The number of morpholine rings is 1. The van der Waals surface area contributed by atoms with Gasteiger partial charge < -0.3 is 24.8 Å². The van der Waals surface area contributed by atoms with Crippen LogP contribution in [0.15, 0.2) is 0 Å². The van der Waals surface area contributed by atoms with E-state index in [1.807, 2.05) is 13.8 Å². The van der Waals surface area contributed by atoms with Gasteiger partial charge in [-0.15, -0.1) is 0 Å². The van der Waals surface area contributed by atoms with E-state index in [1.165, 1.54) is 0 Å². The van der Waals surface area contributed by atoms with Crippen molar-refractivity contribution in [2.45, 2.75) is 31.3 Å². The summed E-state index contributed by atoms with van der Waals surface area (Å²) in [7, 11) is 0. The molecular weight excluding hydrogens is 252 g/mol. The predicted octanol–water partition coefficient (Wildman–Crippen LogP) is 0.0505. The second-order valence-corrected chi connectivity index (χ2v) is 5.64. The second kappa shape index (κ2) is 4.97. The highest BCUT2D eigenvalue weighted by Gasteiger charge is 2.46. The van der Waals surface area contributed by atoms with Gasteiger partial charge in [0.25, 0.3) is 0 Å². The summed E-state index contributed by atoms with van der Waals surface area (Å²) in [6, 6.07) is -0.374. The number of hydrogen-bond acceptors (Lipinski definition) is 4. The van der Waals surface area contributed by atoms with Crippen molar-refractivity contribution in [3.8, 4) is 0 Å². The van der Waals surface area contributed by atoms with Crippen molar-refractivity contribution in [2.75, 3.05) is 33.0 Å². The first-order valence-corrected chi connectivity index (χ1v) is 6.36. The van der Waals surface area contributed by atoms with Gasteiger partial charge in [0, 0.05) is 19.6 Å². The zero-order chi connectivity index (χ0) is 14.1. The van der Waals surface area contributed by atoms with Crippen LogP contribution in [-0.2, 0) is 14.3 Å². The molecule has 7 nitrogen and oxygen atoms in total. The predicted molar refractivity (Wildman–Crippen MR) is 65.9 cm³/mol. The molecule has 2 aliphatic heterocycles. The average Bonchev–Trinajstić information content (AvgIpc) is 2.78. The number of carboxylic acid groups (broad SMARTS) is 1. The van der Waals surface area contributed by atoms with Crippen LogP contribution < -0.4 is 5.32 Å². The minimum Gasteiger partial charge on any atom is -0.479 e. The fourth-order valence-corrected chi connectivity index (χ4v) is 2.39. The third-order valence-electron chi connectivity index (χ3n) is 3.67. The van der Waals surface area contributed by atoms with Crippen LogP contribution in [0.3, 0.4) is 0 Å². The minimum atomic E-state index is -1.30. The maximum Gasteiger partial charge on any atom is 0.332 e. The first-order valence-electron chi connectivity index (χ1n) is 6.36. The Balaban J connectivity index is 2.09. The molecule has 2 amide bonds. The van der Waals surface area contributed by atoms with E-state index in [0.717, 1.165) is 0 Å². The smallest absolute Gasteiger partial charge is 0.332 e. The molecule has 2 fully saturated rings. The Kier molecular flexibility index (Phi) is 3.69. The Bertz CT molecular complexity index is 376. The van der Waals surface area contributed by atoms with Gasteiger partial charge in [-0.25, -0.2) is 9.59 Å². The number of aliphatic carboxylic acids is 1. The number of carboxylic acids is 1. The third kappa shape index (κ3) is 2.66. The first-order chi connectivity index (χ1) is 8.87. The zero-order valence-corrected chi connectivity index (χ0v) is 11.3. The molecule has 0 aliphatic carbocycles. The number of nitrogens with zero attached hydrogens (tertiary/aromatic N) is 1. The molecule has 2 heterocycles. The Hall–Kier alpha value is -1.34. The molecule has 2 aliphatic rings. The van der Waals surface area contributed by atoms with E-state index in [0.29, 0.717) is 32.8 Å². The lowest BCUT2D eigenvalue weighted by molar-refractivity contribution is -0.144. The number of hydrogen-bond donors (Lipinski definition) is 2. The van der Waals surface area contributed by atoms with Crippen molar-refractivity contribution in [3.63, 3.8) is 0 Å². The van der Waals surface area contributed by atoms with Gasteiger partial charge >= 0.3 is 12.0 Å². The van der Waals surface area contributed by atoms with E-state index in [1.54, 1.807) is 4.90 Å². The second-order valence-electron chi connectivity index (χ2n) is 5.64. The van der Waals surface area contributed by atoms with Gasteiger partial charge in [0.2, 0.25) is 0 Å². The van der Waals surface area contributed by atoms with E-state index in [-0.39, 0.29) is 12.6 Å². The summed E-state index contributed by atoms with van der Waals surface area (Å²) >= 11 is 0. The van der Waals surface area contributed by atoms with Crippen molar-refractivity contribution in [1.29, 1.82) is 0 Å². The molecule has 2 saturated heterocycles. The van der Waals surface area contributed by atoms with E-state index in [4.69, 9.17) is 9.47 Å². The van der Waals surface area contributed by atoms with Gasteiger partial charge in [-0.05, 0) is 13.8 Å². The quantitative estimate of drug-likeness (QED) is 0.741. The average molecular weight is 272 g/mol. The fourth-order valence-electron chi connectivity index (χ4n) is 2.39. The summed E-state index contributed by atoms with van der Waals surface area (Å²) in [5, 5.41) is 11.9. The van der Waals surface area contributed by atoms with E-state index in [2.05, 4.69) is 5.32 Å². The molecule has 2 rings (SSSR count). The standard InChI is InChI=1S/C12H20N2O5/c1-11(2)7-19-6-4-14(11)10(17)13-12(9(15)16)3-5-18-8-12/h3-8H2,1-2H3,(H,13,17)(H,15,16). The van der Waals surface area contributed by atoms with Crippen molar-refractivity contribution < 1.29 is 24.2 Å². The van der Waals surface area contributed by atoms with Crippen molar-refractivity contribution >= 4 is 12.0 Å². The Labute approximate surface area is 111 Å². The lowest BCUT2D eigenvalue weighted by atomic mass is 9.98. The summed E-state index contributed by atoms with van der Waals surface area (Å²) in [5.74, 6) is -1.05. The molecule has 0 saturated carbocycles. The maximum absolute atomic E-state index is 12.3. The molecule has 0 aromatic heterocycles. The van der Waals surface area contributed by atoms with Gasteiger partial charge in [-0.1, -0.05) is 0 Å². The Morgan fingerprint density at radius 1 is 1.21 bits per heavy atom. The minimum absolute atomic E-state index is 0.0127. The number of carbonyl (C=O) groups is 2. The van der Waals surface area contributed by atoms with E-state index < -0.39 is 17.0 Å². The molecule has 1 atom stereocenters. The SMILES string of the molecule is CC1(C)COCCN1C(=O)NC1(C(=O)O)CCOC1. The highest BCUT2D eigenvalue weighted by molar-refractivity contribution is 5.87. The van der Waals surface area contributed by atoms with Crippen molar-refractivity contribution in [2.24, 2.45) is 0 Å². The molecule has 0 bridgehead atoms. The molecule has 0 spiro atoms. The summed E-state index contributed by atoms with van der Waals surface area (Å²) in [6.45, 7) is 5.51. The number of ether oxygens (including phenoxy) is 2. The van der Waals surface area contributed by atoms with Crippen LogP contribution in [0.5, 0.6) is 0 Å². The number of urea groups is 1. The van der Waals surface area contributed by atoms with Crippen LogP contribution in [0.2, 0.25) is 0 Å². The fraction of sp³-hybridized carbons (Fsp3) is 0.833.